The Morgan fingerprint density at radius 2 is 2.07 bits per heavy atom. The summed E-state index contributed by atoms with van der Waals surface area (Å²) in [5.41, 5.74) is 7.27. The molecule has 1 fully saturated rings. The largest absolute Gasteiger partial charge is 0.384 e. The van der Waals surface area contributed by atoms with Crippen LogP contribution in [0.4, 0.5) is 21.7 Å². The van der Waals surface area contributed by atoms with Crippen LogP contribution in [0.5, 0.6) is 0 Å². The molecule has 0 bridgehead atoms. The van der Waals surface area contributed by atoms with Gasteiger partial charge in [0.05, 0.1) is 0 Å². The predicted molar refractivity (Wildman–Crippen MR) is 109 cm³/mol. The highest BCUT2D eigenvalue weighted by Crippen LogP contribution is 2.42. The number of amides is 1. The minimum Gasteiger partial charge on any atom is -0.384 e. The summed E-state index contributed by atoms with van der Waals surface area (Å²) in [6.07, 6.45) is 4.89. The van der Waals surface area contributed by atoms with Crippen LogP contribution in [0.2, 0.25) is 0 Å². The maximum absolute atomic E-state index is 13.8. The third kappa shape index (κ3) is 3.98. The van der Waals surface area contributed by atoms with E-state index in [4.69, 9.17) is 5.73 Å². The minimum atomic E-state index is -0.872. The Morgan fingerprint density at radius 3 is 2.79 bits per heavy atom. The lowest BCUT2D eigenvalue weighted by molar-refractivity contribution is 0.0944. The summed E-state index contributed by atoms with van der Waals surface area (Å²) < 4.78 is 15.1. The summed E-state index contributed by atoms with van der Waals surface area (Å²) in [6.45, 7) is 2.28. The van der Waals surface area contributed by atoms with Crippen LogP contribution in [-0.4, -0.2) is 33.2 Å². The molecule has 0 radical (unpaired) electrons. The first kappa shape index (κ1) is 19.1. The van der Waals surface area contributed by atoms with Gasteiger partial charge in [-0.25, -0.2) is 14.4 Å². The molecule has 152 valence electrons. The van der Waals surface area contributed by atoms with Crippen LogP contribution >= 0.6 is 0 Å². The van der Waals surface area contributed by atoms with E-state index in [9.17, 15) is 14.0 Å². The molecular formula is C20H23FN6O2. The van der Waals surface area contributed by atoms with Crippen LogP contribution in [0.25, 0.3) is 6.20 Å². The number of rotatable bonds is 3. The van der Waals surface area contributed by atoms with Gasteiger partial charge in [-0.1, -0.05) is 0 Å². The van der Waals surface area contributed by atoms with Gasteiger partial charge in [0, 0.05) is 24.7 Å². The molecule has 1 amide bonds. The number of nitrogens with zero attached hydrogens (tertiary/aromatic N) is 3. The van der Waals surface area contributed by atoms with Crippen molar-refractivity contribution in [3.8, 4) is 0 Å². The number of allylic oxidation sites excluding steroid dienone is 1. The molecule has 2 atom stereocenters. The number of nitrogens with two attached hydrogens (primary N) is 1. The summed E-state index contributed by atoms with van der Waals surface area (Å²) in [5.74, 6) is 0.148. The molecule has 0 spiro atoms. The van der Waals surface area contributed by atoms with Crippen LogP contribution in [0.15, 0.2) is 28.8 Å². The van der Waals surface area contributed by atoms with Gasteiger partial charge in [-0.15, -0.1) is 0 Å². The normalized spacial score (nSPS) is 23.4. The fourth-order valence-corrected chi connectivity index (χ4v) is 3.65. The summed E-state index contributed by atoms with van der Waals surface area (Å²) in [7, 11) is 0. The number of carbonyl (C=O) groups excluding carboxylic acids is 1. The van der Waals surface area contributed by atoms with E-state index in [0.717, 1.165) is 18.4 Å². The topological polar surface area (TPSA) is 115 Å². The van der Waals surface area contributed by atoms with Crippen LogP contribution in [-0.2, 0) is 0 Å². The van der Waals surface area contributed by atoms with Gasteiger partial charge in [-0.2, -0.15) is 0 Å². The second kappa shape index (κ2) is 7.65. The summed E-state index contributed by atoms with van der Waals surface area (Å²) >= 11 is 0. The van der Waals surface area contributed by atoms with Crippen LogP contribution in [0, 0.1) is 12.8 Å². The molecule has 2 aromatic heterocycles. The Kier molecular flexibility index (Phi) is 5.04. The maximum Gasteiger partial charge on any atom is 0.278 e. The fourth-order valence-electron chi connectivity index (χ4n) is 3.65. The summed E-state index contributed by atoms with van der Waals surface area (Å²) in [6, 6.07) is 3.12. The van der Waals surface area contributed by atoms with Crippen LogP contribution < -0.4 is 21.9 Å². The van der Waals surface area contributed by atoms with Crippen molar-refractivity contribution in [2.24, 2.45) is 5.92 Å². The molecule has 2 aromatic rings. The summed E-state index contributed by atoms with van der Waals surface area (Å²) in [5, 5.41) is 5.81. The first-order valence-electron chi connectivity index (χ1n) is 9.67. The maximum atomic E-state index is 13.8. The number of nitrogen functional groups attached to an aromatic ring is 1. The number of aromatic nitrogens is 3. The lowest BCUT2D eigenvalue weighted by atomic mass is 10.0. The quantitative estimate of drug-likeness (QED) is 0.731. The van der Waals surface area contributed by atoms with Gasteiger partial charge in [-0.3, -0.25) is 14.2 Å². The molecule has 0 saturated heterocycles. The SMILES string of the molecule is Cc1cc(Nc2cc(N)ncn2)c(=O)n2c1C(=O)NCCCC/C(C1CC1F)=C\2. The van der Waals surface area contributed by atoms with E-state index in [0.29, 0.717) is 30.8 Å². The van der Waals surface area contributed by atoms with Crippen molar-refractivity contribution in [3.05, 3.63) is 45.6 Å². The molecule has 3 heterocycles. The van der Waals surface area contributed by atoms with E-state index >= 15 is 0 Å². The van der Waals surface area contributed by atoms with Gasteiger partial charge in [-0.05, 0) is 49.8 Å². The van der Waals surface area contributed by atoms with Gasteiger partial charge in [0.25, 0.3) is 11.5 Å². The Labute approximate surface area is 167 Å². The highest BCUT2D eigenvalue weighted by molar-refractivity contribution is 5.95. The van der Waals surface area contributed by atoms with Gasteiger partial charge in [0.1, 0.15) is 35.5 Å². The molecule has 29 heavy (non-hydrogen) atoms. The number of halogens is 1. The van der Waals surface area contributed by atoms with Crippen molar-refractivity contribution in [2.45, 2.75) is 38.8 Å². The number of hydrogen-bond acceptors (Lipinski definition) is 6. The average Bonchev–Trinajstić information content (AvgIpc) is 3.40. The van der Waals surface area contributed by atoms with E-state index in [-0.39, 0.29) is 29.0 Å². The monoisotopic (exact) mass is 398 g/mol. The zero-order chi connectivity index (χ0) is 20.5. The van der Waals surface area contributed by atoms with E-state index in [1.165, 1.54) is 17.0 Å². The van der Waals surface area contributed by atoms with Gasteiger partial charge in [0.2, 0.25) is 0 Å². The van der Waals surface area contributed by atoms with Crippen molar-refractivity contribution in [2.75, 3.05) is 17.6 Å². The number of alkyl halides is 1. The zero-order valence-electron chi connectivity index (χ0n) is 16.1. The van der Waals surface area contributed by atoms with Crippen molar-refractivity contribution < 1.29 is 9.18 Å². The molecule has 9 heteroatoms. The highest BCUT2D eigenvalue weighted by atomic mass is 19.1. The van der Waals surface area contributed by atoms with Gasteiger partial charge in [0.15, 0.2) is 0 Å². The van der Waals surface area contributed by atoms with Crippen molar-refractivity contribution >= 4 is 29.4 Å². The first-order chi connectivity index (χ1) is 13.9. The van der Waals surface area contributed by atoms with Gasteiger partial charge >= 0.3 is 0 Å². The number of carbonyl (C=O) groups is 1. The fraction of sp³-hybridized carbons (Fsp3) is 0.400. The zero-order valence-corrected chi connectivity index (χ0v) is 16.1. The Hall–Kier alpha value is -3.23. The lowest BCUT2D eigenvalue weighted by Crippen LogP contribution is -2.33. The van der Waals surface area contributed by atoms with Crippen molar-refractivity contribution in [1.82, 2.24) is 19.9 Å². The Balaban J connectivity index is 1.84. The smallest absolute Gasteiger partial charge is 0.278 e. The molecule has 2 unspecified atom stereocenters. The Morgan fingerprint density at radius 1 is 1.28 bits per heavy atom. The third-order valence-electron chi connectivity index (χ3n) is 5.25. The minimum absolute atomic E-state index is 0.171. The second-order valence-corrected chi connectivity index (χ2v) is 7.49. The van der Waals surface area contributed by atoms with Crippen LogP contribution in [0.3, 0.4) is 0 Å². The molecule has 8 nitrogen and oxygen atoms in total. The first-order valence-corrected chi connectivity index (χ1v) is 9.67. The molecule has 4 N–H and O–H groups in total. The molecule has 4 rings (SSSR count). The highest BCUT2D eigenvalue weighted by Gasteiger charge is 2.40. The number of anilines is 3. The van der Waals surface area contributed by atoms with E-state index in [2.05, 4.69) is 20.6 Å². The number of nitrogens with one attached hydrogen (secondary N) is 2. The number of hydrogen-bond donors (Lipinski definition) is 3. The molecule has 2 aliphatic rings. The van der Waals surface area contributed by atoms with E-state index in [1.807, 2.05) is 0 Å². The Bertz CT molecular complexity index is 1050. The van der Waals surface area contributed by atoms with E-state index in [1.54, 1.807) is 19.2 Å². The van der Waals surface area contributed by atoms with Gasteiger partial charge < -0.3 is 16.4 Å². The van der Waals surface area contributed by atoms with Crippen LogP contribution in [0.1, 0.15) is 41.7 Å². The molecule has 1 aliphatic heterocycles. The standard InChI is InChI=1S/C20H23FN6O2/c1-11-6-15(26-17-8-16(22)24-10-25-17)20(29)27-9-12(13-7-14(13)21)4-2-3-5-23-19(28)18(11)27/h6,8-10,13-14H,2-5,7H2,1H3,(H,23,28)(H3,22,24,25,26)/b12-9+. The average molecular weight is 398 g/mol. The van der Waals surface area contributed by atoms with Crippen molar-refractivity contribution in [1.29, 1.82) is 0 Å². The molecule has 1 saturated carbocycles. The summed E-state index contributed by atoms with van der Waals surface area (Å²) in [4.78, 5) is 33.9. The number of aryl methyl sites for hydroxylation is 1. The van der Waals surface area contributed by atoms with Crippen molar-refractivity contribution in [3.63, 3.8) is 0 Å². The van der Waals surface area contributed by atoms with E-state index < -0.39 is 11.7 Å². The molecule has 0 aromatic carbocycles. The number of pyridine rings is 1. The molecular weight excluding hydrogens is 375 g/mol. The predicted octanol–water partition coefficient (Wildman–Crippen LogP) is 2.39. The second-order valence-electron chi connectivity index (χ2n) is 7.49. The molecule has 1 aliphatic carbocycles. The number of fused-ring (bicyclic) bond motifs is 1. The third-order valence-corrected chi connectivity index (χ3v) is 5.25. The lowest BCUT2D eigenvalue weighted by Gasteiger charge is -2.18.